The summed E-state index contributed by atoms with van der Waals surface area (Å²) in [6.07, 6.45) is 8.13. The summed E-state index contributed by atoms with van der Waals surface area (Å²) in [5.41, 5.74) is 0.621. The number of ether oxygens (including phenoxy) is 1. The molecule has 0 saturated carbocycles. The van der Waals surface area contributed by atoms with Crippen molar-refractivity contribution >= 4 is 18.4 Å². The topological polar surface area (TPSA) is 65.3 Å². The summed E-state index contributed by atoms with van der Waals surface area (Å²) in [5, 5.41) is 10.9. The average Bonchev–Trinajstić information content (AvgIpc) is 2.46. The zero-order valence-corrected chi connectivity index (χ0v) is 13.5. The van der Waals surface area contributed by atoms with Gasteiger partial charge in [0.2, 0.25) is 5.75 Å². The fourth-order valence-corrected chi connectivity index (χ4v) is 2.28. The minimum Gasteiger partial charge on any atom is -0.486 e. The molecule has 0 radical (unpaired) electrons. The second-order valence-electron chi connectivity index (χ2n) is 5.08. The average molecular weight is 312 g/mol. The molecule has 1 heterocycles. The standard InChI is InChI=1S/C15H24N2O3S/c1-13-9-10-14(15(16-13)17(18)19)20-11-7-5-3-2-4-6-8-12-21/h9-10,21H,2-8,11-12H2,1H3. The number of hydrogen-bond acceptors (Lipinski definition) is 5. The minimum absolute atomic E-state index is 0.193. The van der Waals surface area contributed by atoms with Crippen LogP contribution in [0.25, 0.3) is 0 Å². The number of rotatable bonds is 11. The summed E-state index contributed by atoms with van der Waals surface area (Å²) in [5.74, 6) is 1.04. The minimum atomic E-state index is -0.496. The lowest BCUT2D eigenvalue weighted by Crippen LogP contribution is -2.03. The van der Waals surface area contributed by atoms with Crippen molar-refractivity contribution in [3.8, 4) is 5.75 Å². The summed E-state index contributed by atoms with van der Waals surface area (Å²) in [6, 6.07) is 3.35. The summed E-state index contributed by atoms with van der Waals surface area (Å²) < 4.78 is 5.48. The third-order valence-electron chi connectivity index (χ3n) is 3.21. The van der Waals surface area contributed by atoms with E-state index < -0.39 is 4.92 Å². The SMILES string of the molecule is Cc1ccc(OCCCCCCCCCS)c([N+](=O)[O-])n1. The molecule has 0 aromatic carbocycles. The van der Waals surface area contributed by atoms with E-state index in [1.807, 2.05) is 0 Å². The van der Waals surface area contributed by atoms with Gasteiger partial charge in [0.25, 0.3) is 0 Å². The molecule has 21 heavy (non-hydrogen) atoms. The number of thiol groups is 1. The highest BCUT2D eigenvalue weighted by Gasteiger charge is 2.17. The van der Waals surface area contributed by atoms with Crippen LogP contribution >= 0.6 is 12.6 Å². The van der Waals surface area contributed by atoms with Crippen molar-refractivity contribution in [1.29, 1.82) is 0 Å². The van der Waals surface area contributed by atoms with Crippen LogP contribution < -0.4 is 4.74 Å². The van der Waals surface area contributed by atoms with E-state index in [1.165, 1.54) is 32.1 Å². The molecule has 0 fully saturated rings. The Hall–Kier alpha value is -1.30. The van der Waals surface area contributed by atoms with Crippen LogP contribution in [0.5, 0.6) is 5.75 Å². The van der Waals surface area contributed by atoms with Gasteiger partial charge in [-0.2, -0.15) is 12.6 Å². The predicted molar refractivity (Wildman–Crippen MR) is 87.3 cm³/mol. The van der Waals surface area contributed by atoms with E-state index in [2.05, 4.69) is 17.6 Å². The van der Waals surface area contributed by atoms with Crippen LogP contribution in [0.1, 0.15) is 50.6 Å². The molecule has 0 unspecified atom stereocenters. The van der Waals surface area contributed by atoms with Gasteiger partial charge in [0.15, 0.2) is 0 Å². The smallest absolute Gasteiger partial charge is 0.406 e. The fraction of sp³-hybridized carbons (Fsp3) is 0.667. The van der Waals surface area contributed by atoms with Gasteiger partial charge in [0, 0.05) is 6.92 Å². The van der Waals surface area contributed by atoms with Crippen LogP contribution in [0.3, 0.4) is 0 Å². The maximum Gasteiger partial charge on any atom is 0.406 e. The van der Waals surface area contributed by atoms with Gasteiger partial charge < -0.3 is 14.9 Å². The third kappa shape index (κ3) is 7.32. The molecule has 1 aromatic heterocycles. The molecule has 5 nitrogen and oxygen atoms in total. The lowest BCUT2D eigenvalue weighted by atomic mass is 10.1. The molecule has 0 aliphatic carbocycles. The van der Waals surface area contributed by atoms with Gasteiger partial charge in [-0.3, -0.25) is 0 Å². The number of nitrogens with zero attached hydrogens (tertiary/aromatic N) is 2. The molecule has 118 valence electrons. The first-order valence-corrected chi connectivity index (χ1v) is 8.14. The highest BCUT2D eigenvalue weighted by atomic mass is 32.1. The summed E-state index contributed by atoms with van der Waals surface area (Å²) >= 11 is 4.19. The molecule has 1 aromatic rings. The number of aromatic nitrogens is 1. The van der Waals surface area contributed by atoms with Crippen LogP contribution in [0.2, 0.25) is 0 Å². The van der Waals surface area contributed by atoms with Crippen LogP contribution in [0.4, 0.5) is 5.82 Å². The van der Waals surface area contributed by atoms with Crippen molar-refractivity contribution in [3.05, 3.63) is 27.9 Å². The van der Waals surface area contributed by atoms with Crippen molar-refractivity contribution in [2.24, 2.45) is 0 Å². The van der Waals surface area contributed by atoms with E-state index >= 15 is 0 Å². The molecule has 0 amide bonds. The van der Waals surface area contributed by atoms with Gasteiger partial charge >= 0.3 is 5.82 Å². The Morgan fingerprint density at radius 3 is 2.38 bits per heavy atom. The molecule has 0 saturated heterocycles. The van der Waals surface area contributed by atoms with E-state index in [0.717, 1.165) is 18.6 Å². The number of pyridine rings is 1. The molecule has 0 atom stereocenters. The zero-order valence-electron chi connectivity index (χ0n) is 12.6. The van der Waals surface area contributed by atoms with Crippen LogP contribution in [-0.2, 0) is 0 Å². The lowest BCUT2D eigenvalue weighted by molar-refractivity contribution is -0.390. The van der Waals surface area contributed by atoms with E-state index in [1.54, 1.807) is 19.1 Å². The van der Waals surface area contributed by atoms with Crippen molar-refractivity contribution < 1.29 is 9.66 Å². The van der Waals surface area contributed by atoms with Gasteiger partial charge in [-0.25, -0.2) is 0 Å². The van der Waals surface area contributed by atoms with Crippen LogP contribution in [0.15, 0.2) is 12.1 Å². The molecular formula is C15H24N2O3S. The van der Waals surface area contributed by atoms with Gasteiger partial charge in [0.05, 0.1) is 6.61 Å². The molecule has 0 N–H and O–H groups in total. The quantitative estimate of drug-likeness (QED) is 0.286. The first-order valence-electron chi connectivity index (χ1n) is 7.51. The van der Waals surface area contributed by atoms with Gasteiger partial charge in [0.1, 0.15) is 5.69 Å². The third-order valence-corrected chi connectivity index (χ3v) is 3.53. The van der Waals surface area contributed by atoms with Crippen LogP contribution in [-0.4, -0.2) is 22.3 Å². The van der Waals surface area contributed by atoms with E-state index in [9.17, 15) is 10.1 Å². The van der Waals surface area contributed by atoms with Crippen molar-refractivity contribution in [1.82, 2.24) is 4.98 Å². The van der Waals surface area contributed by atoms with Crippen molar-refractivity contribution in [2.45, 2.75) is 51.9 Å². The second-order valence-corrected chi connectivity index (χ2v) is 5.53. The van der Waals surface area contributed by atoms with E-state index in [4.69, 9.17) is 4.74 Å². The Morgan fingerprint density at radius 1 is 1.14 bits per heavy atom. The zero-order chi connectivity index (χ0) is 15.5. The van der Waals surface area contributed by atoms with E-state index in [0.29, 0.717) is 12.3 Å². The van der Waals surface area contributed by atoms with Gasteiger partial charge in [-0.05, 0) is 40.6 Å². The Kier molecular flexibility index (Phi) is 8.82. The normalized spacial score (nSPS) is 10.6. The fourth-order valence-electron chi connectivity index (χ4n) is 2.05. The van der Waals surface area contributed by atoms with Crippen molar-refractivity contribution in [3.63, 3.8) is 0 Å². The number of unbranched alkanes of at least 4 members (excludes halogenated alkanes) is 6. The van der Waals surface area contributed by atoms with E-state index in [-0.39, 0.29) is 11.6 Å². The molecule has 0 bridgehead atoms. The monoisotopic (exact) mass is 312 g/mol. The molecule has 0 aliphatic heterocycles. The highest BCUT2D eigenvalue weighted by Crippen LogP contribution is 2.24. The Balaban J connectivity index is 2.20. The number of aryl methyl sites for hydroxylation is 1. The summed E-state index contributed by atoms with van der Waals surface area (Å²) in [6.45, 7) is 2.23. The lowest BCUT2D eigenvalue weighted by Gasteiger charge is -2.06. The maximum atomic E-state index is 10.9. The second kappa shape index (κ2) is 10.4. The number of nitro groups is 1. The number of hydrogen-bond donors (Lipinski definition) is 1. The van der Waals surface area contributed by atoms with Crippen LogP contribution in [0, 0.1) is 17.0 Å². The Morgan fingerprint density at radius 2 is 1.76 bits per heavy atom. The maximum absolute atomic E-state index is 10.9. The molecular weight excluding hydrogens is 288 g/mol. The first kappa shape index (κ1) is 17.8. The Labute approximate surface area is 131 Å². The van der Waals surface area contributed by atoms with Crippen molar-refractivity contribution in [2.75, 3.05) is 12.4 Å². The highest BCUT2D eigenvalue weighted by molar-refractivity contribution is 7.80. The Bertz CT molecular complexity index is 441. The molecule has 6 heteroatoms. The van der Waals surface area contributed by atoms with Gasteiger partial charge in [-0.1, -0.05) is 32.1 Å². The molecule has 0 aliphatic rings. The molecule has 0 spiro atoms. The first-order chi connectivity index (χ1) is 10.1. The molecule has 1 rings (SSSR count). The largest absolute Gasteiger partial charge is 0.486 e. The summed E-state index contributed by atoms with van der Waals surface area (Å²) in [4.78, 5) is 14.3. The summed E-state index contributed by atoms with van der Waals surface area (Å²) in [7, 11) is 0. The predicted octanol–water partition coefficient (Wildman–Crippen LogP) is 4.34. The van der Waals surface area contributed by atoms with Gasteiger partial charge in [-0.15, -0.1) is 0 Å².